The lowest BCUT2D eigenvalue weighted by Gasteiger charge is -2.23. The van der Waals surface area contributed by atoms with Crippen LogP contribution < -0.4 is 0 Å². The summed E-state index contributed by atoms with van der Waals surface area (Å²) in [6.45, 7) is 3.63. The quantitative estimate of drug-likeness (QED) is 0.145. The van der Waals surface area contributed by atoms with Gasteiger partial charge in [-0.25, -0.2) is 4.79 Å². The number of aliphatic carboxylic acids is 3. The van der Waals surface area contributed by atoms with Gasteiger partial charge >= 0.3 is 17.9 Å². The standard InChI is InChI=1S/C19H42N.C6H8O7/c1-5-6-7-8-9-10-11-12-13-14-15-16-17-18-19-20(2,3)4;7-3(8)1-6(13,5(11)12)2-4(9)10/h5-19H2,1-4H3;13H,1-2H2,(H,7,8)(H,9,10)(H,11,12)/q+1;. The van der Waals surface area contributed by atoms with Crippen LogP contribution in [0.25, 0.3) is 0 Å². The molecule has 0 radical (unpaired) electrons. The Bertz CT molecular complexity index is 513. The van der Waals surface area contributed by atoms with Crippen LogP contribution in [0.2, 0.25) is 0 Å². The summed E-state index contributed by atoms with van der Waals surface area (Å²) < 4.78 is 1.12. The van der Waals surface area contributed by atoms with Crippen molar-refractivity contribution in [3.8, 4) is 0 Å². The van der Waals surface area contributed by atoms with E-state index >= 15 is 0 Å². The maximum atomic E-state index is 10.3. The molecule has 0 unspecified atom stereocenters. The van der Waals surface area contributed by atoms with E-state index in [1.165, 1.54) is 96.4 Å². The summed E-state index contributed by atoms with van der Waals surface area (Å²) >= 11 is 0. The first-order chi connectivity index (χ1) is 15.3. The van der Waals surface area contributed by atoms with Crippen LogP contribution in [0.3, 0.4) is 0 Å². The molecule has 0 aromatic rings. The van der Waals surface area contributed by atoms with Crippen LogP contribution in [0, 0.1) is 0 Å². The summed E-state index contributed by atoms with van der Waals surface area (Å²) in [7, 11) is 6.88. The van der Waals surface area contributed by atoms with Crippen molar-refractivity contribution in [1.29, 1.82) is 0 Å². The Morgan fingerprint density at radius 3 is 1.15 bits per heavy atom. The van der Waals surface area contributed by atoms with Gasteiger partial charge in [0.1, 0.15) is 0 Å². The zero-order valence-corrected chi connectivity index (χ0v) is 21.5. The molecule has 4 N–H and O–H groups in total. The fraction of sp³-hybridized carbons (Fsp3) is 0.880. The molecule has 0 fully saturated rings. The summed E-state index contributed by atoms with van der Waals surface area (Å²) in [6.07, 6.45) is 18.1. The number of aliphatic hydroxyl groups is 1. The van der Waals surface area contributed by atoms with E-state index in [9.17, 15) is 14.4 Å². The highest BCUT2D eigenvalue weighted by molar-refractivity contribution is 5.88. The Morgan fingerprint density at radius 1 is 0.606 bits per heavy atom. The second-order valence-electron chi connectivity index (χ2n) is 10.1. The molecule has 0 bridgehead atoms. The Labute approximate surface area is 200 Å². The first-order valence-electron chi connectivity index (χ1n) is 12.5. The van der Waals surface area contributed by atoms with E-state index in [0.29, 0.717) is 0 Å². The summed E-state index contributed by atoms with van der Waals surface area (Å²) in [5.74, 6) is -5.02. The van der Waals surface area contributed by atoms with E-state index in [2.05, 4.69) is 28.1 Å². The van der Waals surface area contributed by atoms with Gasteiger partial charge in [-0.05, 0) is 12.8 Å². The predicted molar refractivity (Wildman–Crippen MR) is 130 cm³/mol. The lowest BCUT2D eigenvalue weighted by atomic mass is 9.96. The van der Waals surface area contributed by atoms with E-state index in [1.807, 2.05) is 0 Å². The van der Waals surface area contributed by atoms with E-state index < -0.39 is 36.4 Å². The molecular formula is C25H50NO7+. The molecule has 33 heavy (non-hydrogen) atoms. The summed E-state index contributed by atoms with van der Waals surface area (Å²) in [5, 5.41) is 33.8. The molecule has 0 saturated carbocycles. The maximum Gasteiger partial charge on any atom is 0.336 e. The molecule has 0 aliphatic carbocycles. The van der Waals surface area contributed by atoms with Crippen LogP contribution >= 0.6 is 0 Å². The molecule has 0 aliphatic rings. The predicted octanol–water partition coefficient (Wildman–Crippen LogP) is 4.93. The normalized spacial score (nSPS) is 11.5. The number of hydrogen-bond donors (Lipinski definition) is 4. The van der Waals surface area contributed by atoms with Crippen molar-refractivity contribution in [1.82, 2.24) is 0 Å². The minimum Gasteiger partial charge on any atom is -0.481 e. The lowest BCUT2D eigenvalue weighted by molar-refractivity contribution is -0.870. The van der Waals surface area contributed by atoms with Gasteiger partial charge in [0, 0.05) is 0 Å². The molecule has 196 valence electrons. The number of nitrogens with zero attached hydrogens (tertiary/aromatic N) is 1. The zero-order valence-electron chi connectivity index (χ0n) is 21.5. The molecule has 0 atom stereocenters. The second-order valence-corrected chi connectivity index (χ2v) is 10.1. The molecule has 8 heteroatoms. The Kier molecular flexibility index (Phi) is 20.1. The first-order valence-corrected chi connectivity index (χ1v) is 12.5. The average Bonchev–Trinajstić information content (AvgIpc) is 2.66. The lowest BCUT2D eigenvalue weighted by Crippen LogP contribution is -2.42. The highest BCUT2D eigenvalue weighted by atomic mass is 16.4. The molecule has 0 aromatic heterocycles. The van der Waals surface area contributed by atoms with Crippen LogP contribution in [0.1, 0.15) is 110 Å². The highest BCUT2D eigenvalue weighted by Crippen LogP contribution is 2.16. The SMILES string of the molecule is CCCCCCCCCCCCCCCC[N+](C)(C)C.O=C(O)CC(O)(CC(=O)O)C(=O)O. The molecule has 0 saturated heterocycles. The molecule has 0 rings (SSSR count). The van der Waals surface area contributed by atoms with E-state index in [-0.39, 0.29) is 0 Å². The third kappa shape index (κ3) is 24.8. The molecule has 8 nitrogen and oxygen atoms in total. The van der Waals surface area contributed by atoms with Crippen molar-refractivity contribution in [2.75, 3.05) is 27.7 Å². The number of carboxylic acids is 3. The average molecular weight is 477 g/mol. The maximum absolute atomic E-state index is 10.3. The van der Waals surface area contributed by atoms with Crippen molar-refractivity contribution in [2.24, 2.45) is 0 Å². The van der Waals surface area contributed by atoms with Gasteiger partial charge in [0.05, 0.1) is 40.5 Å². The fourth-order valence-corrected chi connectivity index (χ4v) is 3.49. The fourth-order valence-electron chi connectivity index (χ4n) is 3.49. The second kappa shape index (κ2) is 19.8. The van der Waals surface area contributed by atoms with Gasteiger partial charge in [-0.1, -0.05) is 84.0 Å². The van der Waals surface area contributed by atoms with Gasteiger partial charge in [0.25, 0.3) is 0 Å². The van der Waals surface area contributed by atoms with Gasteiger partial charge < -0.3 is 24.9 Å². The number of rotatable bonds is 20. The van der Waals surface area contributed by atoms with E-state index in [0.717, 1.165) is 4.48 Å². The molecule has 0 aliphatic heterocycles. The number of unbranched alkanes of at least 4 members (excludes halogenated alkanes) is 13. The topological polar surface area (TPSA) is 132 Å². The van der Waals surface area contributed by atoms with Crippen molar-refractivity contribution < 1.29 is 39.3 Å². The van der Waals surface area contributed by atoms with Crippen LogP contribution in [-0.2, 0) is 14.4 Å². The van der Waals surface area contributed by atoms with Gasteiger partial charge in [-0.3, -0.25) is 9.59 Å². The minimum atomic E-state index is -2.74. The van der Waals surface area contributed by atoms with Crippen molar-refractivity contribution in [3.63, 3.8) is 0 Å². The molecule has 0 aromatic carbocycles. The van der Waals surface area contributed by atoms with Gasteiger partial charge in [-0.15, -0.1) is 0 Å². The Morgan fingerprint density at radius 2 is 0.909 bits per heavy atom. The highest BCUT2D eigenvalue weighted by Gasteiger charge is 2.40. The molecule has 0 heterocycles. The largest absolute Gasteiger partial charge is 0.481 e. The number of quaternary nitrogens is 1. The van der Waals surface area contributed by atoms with Crippen molar-refractivity contribution >= 4 is 17.9 Å². The zero-order chi connectivity index (χ0) is 25.8. The summed E-state index contributed by atoms with van der Waals surface area (Å²) in [5.41, 5.74) is -2.74. The third-order valence-electron chi connectivity index (χ3n) is 5.47. The molecule has 0 amide bonds. The third-order valence-corrected chi connectivity index (χ3v) is 5.47. The van der Waals surface area contributed by atoms with Crippen molar-refractivity contribution in [3.05, 3.63) is 0 Å². The summed E-state index contributed by atoms with van der Waals surface area (Å²) in [4.78, 5) is 30.5. The number of carbonyl (C=O) groups is 3. The van der Waals surface area contributed by atoms with Crippen LogP contribution in [-0.4, -0.2) is 76.1 Å². The van der Waals surface area contributed by atoms with Crippen LogP contribution in [0.15, 0.2) is 0 Å². The number of carboxylic acid groups (broad SMARTS) is 3. The number of hydrogen-bond acceptors (Lipinski definition) is 4. The minimum absolute atomic E-state index is 1.12. The van der Waals surface area contributed by atoms with E-state index in [4.69, 9.17) is 20.4 Å². The monoisotopic (exact) mass is 476 g/mol. The van der Waals surface area contributed by atoms with Gasteiger partial charge in [0.2, 0.25) is 0 Å². The Balaban J connectivity index is 0. The molecular weight excluding hydrogens is 426 g/mol. The smallest absolute Gasteiger partial charge is 0.336 e. The first kappa shape index (κ1) is 33.5. The Hall–Kier alpha value is -1.67. The van der Waals surface area contributed by atoms with E-state index in [1.54, 1.807) is 0 Å². The van der Waals surface area contributed by atoms with Crippen LogP contribution in [0.5, 0.6) is 0 Å². The van der Waals surface area contributed by atoms with Gasteiger partial charge in [-0.2, -0.15) is 0 Å². The van der Waals surface area contributed by atoms with Gasteiger partial charge in [0.15, 0.2) is 5.60 Å². The van der Waals surface area contributed by atoms with Crippen molar-refractivity contribution in [2.45, 2.75) is 115 Å². The summed E-state index contributed by atoms with van der Waals surface area (Å²) in [6, 6.07) is 0. The molecule has 0 spiro atoms. The van der Waals surface area contributed by atoms with Crippen LogP contribution in [0.4, 0.5) is 0 Å².